The smallest absolute Gasteiger partial charge is 0.0897 e. The van der Waals surface area contributed by atoms with E-state index in [9.17, 15) is 0 Å². The van der Waals surface area contributed by atoms with Crippen molar-refractivity contribution in [2.45, 2.75) is 19.9 Å². The summed E-state index contributed by atoms with van der Waals surface area (Å²) in [5.74, 6) is 0. The van der Waals surface area contributed by atoms with Crippen LogP contribution < -0.4 is 0 Å². The molecule has 0 atom stereocenters. The van der Waals surface area contributed by atoms with Gasteiger partial charge in [0.25, 0.3) is 0 Å². The quantitative estimate of drug-likeness (QED) is 0.846. The summed E-state index contributed by atoms with van der Waals surface area (Å²) in [4.78, 5) is 9.66. The highest BCUT2D eigenvalue weighted by Gasteiger charge is 2.17. The second kappa shape index (κ2) is 7.16. The highest BCUT2D eigenvalue weighted by Crippen LogP contribution is 2.12. The number of nitrogens with zero attached hydrogens (tertiary/aromatic N) is 3. The lowest BCUT2D eigenvalue weighted by Crippen LogP contribution is -2.46. The predicted octanol–water partition coefficient (Wildman–Crippen LogP) is 2.81. The molecule has 4 heteroatoms. The Bertz CT molecular complexity index is 544. The first-order valence-corrected chi connectivity index (χ1v) is 8.57. The molecular weight excluding hydrogens is 278 g/mol. The zero-order valence-electron chi connectivity index (χ0n) is 12.7. The molecule has 3 nitrogen and oxygen atoms in total. The maximum absolute atomic E-state index is 4.56. The fourth-order valence-electron chi connectivity index (χ4n) is 2.81. The number of piperazine rings is 1. The fourth-order valence-corrected chi connectivity index (χ4v) is 3.42. The Morgan fingerprint density at radius 2 is 1.76 bits per heavy atom. The molecule has 1 aromatic heterocycles. The molecule has 1 aromatic carbocycles. The van der Waals surface area contributed by atoms with Crippen LogP contribution in [0.3, 0.4) is 0 Å². The van der Waals surface area contributed by atoms with Gasteiger partial charge in [-0.2, -0.15) is 0 Å². The average molecular weight is 301 g/mol. The number of benzene rings is 1. The predicted molar refractivity (Wildman–Crippen MR) is 88.7 cm³/mol. The topological polar surface area (TPSA) is 19.4 Å². The first-order chi connectivity index (χ1) is 10.3. The monoisotopic (exact) mass is 301 g/mol. The molecule has 0 N–H and O–H groups in total. The summed E-state index contributed by atoms with van der Waals surface area (Å²) >= 11 is 1.75. The van der Waals surface area contributed by atoms with Gasteiger partial charge in [-0.25, -0.2) is 4.98 Å². The Balaban J connectivity index is 1.40. The van der Waals surface area contributed by atoms with E-state index in [1.807, 2.05) is 0 Å². The van der Waals surface area contributed by atoms with Crippen LogP contribution in [0.1, 0.15) is 16.3 Å². The third-order valence-electron chi connectivity index (χ3n) is 4.08. The largest absolute Gasteiger partial charge is 0.300 e. The normalized spacial score (nSPS) is 17.2. The average Bonchev–Trinajstić information content (AvgIpc) is 2.93. The van der Waals surface area contributed by atoms with Gasteiger partial charge in [0, 0.05) is 44.6 Å². The van der Waals surface area contributed by atoms with Gasteiger partial charge in [0.2, 0.25) is 0 Å². The Morgan fingerprint density at radius 3 is 2.43 bits per heavy atom. The van der Waals surface area contributed by atoms with Gasteiger partial charge in [-0.3, -0.25) is 4.90 Å². The van der Waals surface area contributed by atoms with Crippen LogP contribution in [-0.4, -0.2) is 47.5 Å². The number of thiazole rings is 1. The Kier molecular flexibility index (Phi) is 5.01. The molecular formula is C17H23N3S. The number of hydrogen-bond donors (Lipinski definition) is 0. The summed E-state index contributed by atoms with van der Waals surface area (Å²) in [6.07, 6.45) is 1.16. The van der Waals surface area contributed by atoms with Gasteiger partial charge >= 0.3 is 0 Å². The SMILES string of the molecule is Cc1nc(CN2CCN(CCc3ccccc3)CC2)cs1. The minimum Gasteiger partial charge on any atom is -0.300 e. The van der Waals surface area contributed by atoms with E-state index in [0.717, 1.165) is 26.1 Å². The van der Waals surface area contributed by atoms with Crippen LogP contribution in [0.25, 0.3) is 0 Å². The van der Waals surface area contributed by atoms with E-state index < -0.39 is 0 Å². The molecule has 1 fully saturated rings. The molecule has 3 rings (SSSR count). The molecule has 0 unspecified atom stereocenters. The van der Waals surface area contributed by atoms with Crippen LogP contribution in [0.15, 0.2) is 35.7 Å². The van der Waals surface area contributed by atoms with Gasteiger partial charge in [-0.1, -0.05) is 30.3 Å². The maximum Gasteiger partial charge on any atom is 0.0897 e. The van der Waals surface area contributed by atoms with Gasteiger partial charge in [-0.05, 0) is 18.9 Å². The molecule has 0 saturated carbocycles. The third kappa shape index (κ3) is 4.37. The molecule has 112 valence electrons. The van der Waals surface area contributed by atoms with Crippen molar-refractivity contribution in [2.75, 3.05) is 32.7 Å². The van der Waals surface area contributed by atoms with Crippen molar-refractivity contribution in [1.82, 2.24) is 14.8 Å². The van der Waals surface area contributed by atoms with Gasteiger partial charge in [0.05, 0.1) is 10.7 Å². The van der Waals surface area contributed by atoms with Crippen LogP contribution in [-0.2, 0) is 13.0 Å². The zero-order chi connectivity index (χ0) is 14.5. The summed E-state index contributed by atoms with van der Waals surface area (Å²) < 4.78 is 0. The highest BCUT2D eigenvalue weighted by molar-refractivity contribution is 7.09. The van der Waals surface area contributed by atoms with Crippen molar-refractivity contribution in [3.05, 3.63) is 52.0 Å². The molecule has 2 heterocycles. The van der Waals surface area contributed by atoms with E-state index in [0.29, 0.717) is 0 Å². The second-order valence-electron chi connectivity index (χ2n) is 5.71. The maximum atomic E-state index is 4.56. The molecule has 1 saturated heterocycles. The van der Waals surface area contributed by atoms with E-state index in [1.165, 1.54) is 35.9 Å². The molecule has 0 amide bonds. The number of aromatic nitrogens is 1. The Labute approximate surface area is 131 Å². The van der Waals surface area contributed by atoms with Crippen molar-refractivity contribution in [3.8, 4) is 0 Å². The molecule has 0 spiro atoms. The second-order valence-corrected chi connectivity index (χ2v) is 6.77. The number of aryl methyl sites for hydroxylation is 1. The minimum absolute atomic E-state index is 1.01. The summed E-state index contributed by atoms with van der Waals surface area (Å²) in [6.45, 7) is 8.93. The lowest BCUT2D eigenvalue weighted by molar-refractivity contribution is 0.127. The Morgan fingerprint density at radius 1 is 1.05 bits per heavy atom. The number of rotatable bonds is 5. The van der Waals surface area contributed by atoms with Crippen molar-refractivity contribution < 1.29 is 0 Å². The summed E-state index contributed by atoms with van der Waals surface area (Å²) in [7, 11) is 0. The van der Waals surface area contributed by atoms with Crippen molar-refractivity contribution in [3.63, 3.8) is 0 Å². The molecule has 2 aromatic rings. The molecule has 21 heavy (non-hydrogen) atoms. The fraction of sp³-hybridized carbons (Fsp3) is 0.471. The van der Waals surface area contributed by atoms with Crippen molar-refractivity contribution in [1.29, 1.82) is 0 Å². The van der Waals surface area contributed by atoms with Gasteiger partial charge < -0.3 is 4.90 Å². The van der Waals surface area contributed by atoms with Gasteiger partial charge in [0.15, 0.2) is 0 Å². The lowest BCUT2D eigenvalue weighted by atomic mass is 10.1. The van der Waals surface area contributed by atoms with Crippen LogP contribution in [0.5, 0.6) is 0 Å². The van der Waals surface area contributed by atoms with Gasteiger partial charge in [-0.15, -0.1) is 11.3 Å². The lowest BCUT2D eigenvalue weighted by Gasteiger charge is -2.34. The van der Waals surface area contributed by atoms with Gasteiger partial charge in [0.1, 0.15) is 0 Å². The van der Waals surface area contributed by atoms with E-state index in [2.05, 4.69) is 57.4 Å². The first-order valence-electron chi connectivity index (χ1n) is 7.69. The summed E-state index contributed by atoms with van der Waals surface area (Å²) in [6, 6.07) is 10.8. The summed E-state index contributed by atoms with van der Waals surface area (Å²) in [5, 5.41) is 3.36. The molecule has 1 aliphatic rings. The van der Waals surface area contributed by atoms with Crippen LogP contribution in [0, 0.1) is 6.92 Å². The standard InChI is InChI=1S/C17H23N3S/c1-15-18-17(14-21-15)13-20-11-9-19(10-12-20)8-7-16-5-3-2-4-6-16/h2-6,14H,7-13H2,1H3. The van der Waals surface area contributed by atoms with E-state index >= 15 is 0 Å². The van der Waals surface area contributed by atoms with Crippen LogP contribution in [0.4, 0.5) is 0 Å². The Hall–Kier alpha value is -1.23. The molecule has 0 bridgehead atoms. The van der Waals surface area contributed by atoms with Crippen LogP contribution >= 0.6 is 11.3 Å². The van der Waals surface area contributed by atoms with E-state index in [-0.39, 0.29) is 0 Å². The van der Waals surface area contributed by atoms with Crippen molar-refractivity contribution >= 4 is 11.3 Å². The first kappa shape index (κ1) is 14.7. The molecule has 0 aliphatic carbocycles. The van der Waals surface area contributed by atoms with Crippen LogP contribution in [0.2, 0.25) is 0 Å². The third-order valence-corrected chi connectivity index (χ3v) is 4.90. The van der Waals surface area contributed by atoms with Crippen molar-refractivity contribution in [2.24, 2.45) is 0 Å². The summed E-state index contributed by atoms with van der Waals surface area (Å²) in [5.41, 5.74) is 2.67. The molecule has 0 radical (unpaired) electrons. The van der Waals surface area contributed by atoms with E-state index in [4.69, 9.17) is 0 Å². The zero-order valence-corrected chi connectivity index (χ0v) is 13.5. The van der Waals surface area contributed by atoms with E-state index in [1.54, 1.807) is 11.3 Å². The number of hydrogen-bond acceptors (Lipinski definition) is 4. The molecule has 1 aliphatic heterocycles. The highest BCUT2D eigenvalue weighted by atomic mass is 32.1. The minimum atomic E-state index is 1.01.